The molecule has 0 aliphatic carbocycles. The average molecular weight is 368 g/mol. The summed E-state index contributed by atoms with van der Waals surface area (Å²) in [7, 11) is 0. The van der Waals surface area contributed by atoms with Crippen LogP contribution in [0.3, 0.4) is 0 Å². The van der Waals surface area contributed by atoms with Gasteiger partial charge in [0.05, 0.1) is 17.6 Å². The van der Waals surface area contributed by atoms with Crippen molar-refractivity contribution < 1.29 is 4.79 Å². The van der Waals surface area contributed by atoms with Gasteiger partial charge in [0, 0.05) is 23.3 Å². The average Bonchev–Trinajstić information content (AvgIpc) is 3.30. The fraction of sp³-hybridized carbons (Fsp3) is 0.118. The fourth-order valence-electron chi connectivity index (χ4n) is 2.54. The summed E-state index contributed by atoms with van der Waals surface area (Å²) in [5, 5.41) is 11.7. The van der Waals surface area contributed by atoms with Crippen LogP contribution in [0.25, 0.3) is 17.0 Å². The van der Waals surface area contributed by atoms with Crippen molar-refractivity contribution in [3.8, 4) is 11.3 Å². The zero-order valence-electron chi connectivity index (χ0n) is 13.8. The van der Waals surface area contributed by atoms with Gasteiger partial charge < -0.3 is 5.32 Å². The van der Waals surface area contributed by atoms with E-state index in [0.717, 1.165) is 12.1 Å². The standard InChI is InChI=1S/C17H14ClN7O/c1-2-24-9-13(8-20-24)22-16(26)15-7-14(11-3-5-12(18)6-4-11)23-17-19-10-21-25(15)17/h3-10H,2H2,1H3,(H,22,26). The van der Waals surface area contributed by atoms with Crippen molar-refractivity contribution in [3.63, 3.8) is 0 Å². The van der Waals surface area contributed by atoms with Gasteiger partial charge >= 0.3 is 0 Å². The molecule has 0 aliphatic heterocycles. The molecule has 1 N–H and O–H groups in total. The molecule has 0 spiro atoms. The van der Waals surface area contributed by atoms with Crippen LogP contribution in [0.2, 0.25) is 5.02 Å². The number of benzene rings is 1. The molecule has 0 saturated heterocycles. The minimum Gasteiger partial charge on any atom is -0.318 e. The molecule has 9 heteroatoms. The van der Waals surface area contributed by atoms with E-state index >= 15 is 0 Å². The van der Waals surface area contributed by atoms with Gasteiger partial charge in [0.25, 0.3) is 11.7 Å². The molecule has 3 heterocycles. The van der Waals surface area contributed by atoms with Crippen molar-refractivity contribution >= 4 is 29.0 Å². The molecule has 0 aliphatic rings. The van der Waals surface area contributed by atoms with Crippen LogP contribution in [0.5, 0.6) is 0 Å². The summed E-state index contributed by atoms with van der Waals surface area (Å²) in [5.74, 6) is 0.0145. The van der Waals surface area contributed by atoms with Gasteiger partial charge in [0.15, 0.2) is 0 Å². The molecular weight excluding hydrogens is 354 g/mol. The maximum Gasteiger partial charge on any atom is 0.274 e. The lowest BCUT2D eigenvalue weighted by atomic mass is 10.1. The van der Waals surface area contributed by atoms with Crippen LogP contribution in [0.4, 0.5) is 5.69 Å². The van der Waals surface area contributed by atoms with E-state index in [1.165, 1.54) is 10.8 Å². The number of aryl methyl sites for hydroxylation is 1. The zero-order chi connectivity index (χ0) is 18.1. The maximum atomic E-state index is 12.8. The Morgan fingerprint density at radius 1 is 1.23 bits per heavy atom. The van der Waals surface area contributed by atoms with Gasteiger partial charge in [-0.3, -0.25) is 9.48 Å². The highest BCUT2D eigenvalue weighted by Gasteiger charge is 2.16. The number of nitrogens with one attached hydrogen (secondary N) is 1. The van der Waals surface area contributed by atoms with E-state index in [0.29, 0.717) is 27.9 Å². The van der Waals surface area contributed by atoms with Gasteiger partial charge in [-0.1, -0.05) is 23.7 Å². The summed E-state index contributed by atoms with van der Waals surface area (Å²) in [6.07, 6.45) is 4.72. The molecule has 8 nitrogen and oxygen atoms in total. The molecular formula is C17H14ClN7O. The number of hydrogen-bond donors (Lipinski definition) is 1. The number of amides is 1. The first-order valence-corrected chi connectivity index (χ1v) is 8.32. The number of fused-ring (bicyclic) bond motifs is 1. The fourth-order valence-corrected chi connectivity index (χ4v) is 2.66. The minimum absolute atomic E-state index is 0.321. The third-order valence-electron chi connectivity index (χ3n) is 3.84. The van der Waals surface area contributed by atoms with E-state index in [2.05, 4.69) is 25.5 Å². The summed E-state index contributed by atoms with van der Waals surface area (Å²) >= 11 is 5.94. The predicted molar refractivity (Wildman–Crippen MR) is 97.1 cm³/mol. The smallest absolute Gasteiger partial charge is 0.274 e. The Labute approximate surface area is 153 Å². The van der Waals surface area contributed by atoms with Crippen molar-refractivity contribution in [1.82, 2.24) is 29.4 Å². The SMILES string of the molecule is CCn1cc(NC(=O)c2cc(-c3ccc(Cl)cc3)nc3ncnn23)cn1. The molecule has 4 aromatic rings. The van der Waals surface area contributed by atoms with Gasteiger partial charge in [-0.25, -0.2) is 4.98 Å². The van der Waals surface area contributed by atoms with E-state index in [-0.39, 0.29) is 5.91 Å². The van der Waals surface area contributed by atoms with Crippen molar-refractivity contribution in [2.75, 3.05) is 5.32 Å². The van der Waals surface area contributed by atoms with Crippen LogP contribution < -0.4 is 5.32 Å². The third-order valence-corrected chi connectivity index (χ3v) is 4.09. The van der Waals surface area contributed by atoms with E-state index in [1.807, 2.05) is 19.1 Å². The van der Waals surface area contributed by atoms with E-state index in [4.69, 9.17) is 11.6 Å². The summed E-state index contributed by atoms with van der Waals surface area (Å²) in [4.78, 5) is 21.3. The number of rotatable bonds is 4. The van der Waals surface area contributed by atoms with Crippen LogP contribution in [-0.2, 0) is 6.54 Å². The number of carbonyl (C=O) groups excluding carboxylic acids is 1. The number of halogens is 1. The number of aromatic nitrogens is 6. The summed E-state index contributed by atoms with van der Waals surface area (Å²) < 4.78 is 3.13. The Balaban J connectivity index is 1.74. The Morgan fingerprint density at radius 3 is 2.77 bits per heavy atom. The molecule has 0 fully saturated rings. The van der Waals surface area contributed by atoms with Gasteiger partial charge in [0.1, 0.15) is 12.0 Å². The molecule has 0 bridgehead atoms. The second-order valence-corrected chi connectivity index (χ2v) is 5.98. The quantitative estimate of drug-likeness (QED) is 0.599. The molecule has 1 amide bonds. The van der Waals surface area contributed by atoms with E-state index in [9.17, 15) is 4.79 Å². The van der Waals surface area contributed by atoms with E-state index < -0.39 is 0 Å². The van der Waals surface area contributed by atoms with Crippen LogP contribution in [-0.4, -0.2) is 35.3 Å². The minimum atomic E-state index is -0.325. The number of nitrogens with zero attached hydrogens (tertiary/aromatic N) is 6. The Bertz CT molecular complexity index is 1080. The largest absolute Gasteiger partial charge is 0.318 e. The summed E-state index contributed by atoms with van der Waals surface area (Å²) in [6, 6.07) is 8.89. The normalized spacial score (nSPS) is 11.0. The molecule has 4 rings (SSSR count). The lowest BCUT2D eigenvalue weighted by Crippen LogP contribution is -2.17. The number of carbonyl (C=O) groups is 1. The predicted octanol–water partition coefficient (Wildman–Crippen LogP) is 2.91. The van der Waals surface area contributed by atoms with Gasteiger partial charge in [0.2, 0.25) is 0 Å². The highest BCUT2D eigenvalue weighted by Crippen LogP contribution is 2.22. The molecule has 0 saturated carbocycles. The Morgan fingerprint density at radius 2 is 2.04 bits per heavy atom. The van der Waals surface area contributed by atoms with Crippen molar-refractivity contribution in [2.24, 2.45) is 0 Å². The molecule has 3 aromatic heterocycles. The Kier molecular flexibility index (Phi) is 4.10. The molecule has 0 atom stereocenters. The second-order valence-electron chi connectivity index (χ2n) is 5.54. The Hall–Kier alpha value is -3.26. The lowest BCUT2D eigenvalue weighted by molar-refractivity contribution is 0.102. The topological polar surface area (TPSA) is 90.0 Å². The highest BCUT2D eigenvalue weighted by atomic mass is 35.5. The summed E-state index contributed by atoms with van der Waals surface area (Å²) in [5.41, 5.74) is 2.36. The molecule has 1 aromatic carbocycles. The lowest BCUT2D eigenvalue weighted by Gasteiger charge is -2.07. The third kappa shape index (κ3) is 3.02. The molecule has 26 heavy (non-hydrogen) atoms. The van der Waals surface area contributed by atoms with Gasteiger partial charge in [-0.15, -0.1) is 0 Å². The maximum absolute atomic E-state index is 12.8. The first-order chi connectivity index (χ1) is 12.6. The first kappa shape index (κ1) is 16.2. The van der Waals surface area contributed by atoms with Crippen LogP contribution in [0, 0.1) is 0 Å². The highest BCUT2D eigenvalue weighted by molar-refractivity contribution is 6.30. The molecule has 0 unspecified atom stereocenters. The van der Waals surface area contributed by atoms with Crippen molar-refractivity contribution in [3.05, 3.63) is 59.8 Å². The van der Waals surface area contributed by atoms with Crippen LogP contribution in [0.1, 0.15) is 17.4 Å². The molecule has 130 valence electrons. The van der Waals surface area contributed by atoms with Crippen molar-refractivity contribution in [1.29, 1.82) is 0 Å². The van der Waals surface area contributed by atoms with Crippen LogP contribution in [0.15, 0.2) is 49.1 Å². The van der Waals surface area contributed by atoms with Gasteiger partial charge in [-0.2, -0.15) is 19.7 Å². The van der Waals surface area contributed by atoms with Crippen molar-refractivity contribution in [2.45, 2.75) is 13.5 Å². The first-order valence-electron chi connectivity index (χ1n) is 7.94. The monoisotopic (exact) mass is 367 g/mol. The summed E-state index contributed by atoms with van der Waals surface area (Å²) in [6.45, 7) is 2.69. The van der Waals surface area contributed by atoms with Gasteiger partial charge in [-0.05, 0) is 25.1 Å². The number of anilines is 1. The van der Waals surface area contributed by atoms with Crippen LogP contribution >= 0.6 is 11.6 Å². The zero-order valence-corrected chi connectivity index (χ0v) is 14.6. The van der Waals surface area contributed by atoms with E-state index in [1.54, 1.807) is 35.3 Å². The second kappa shape index (κ2) is 6.57. The number of hydrogen-bond acceptors (Lipinski definition) is 5. The molecule has 0 radical (unpaired) electrons.